The fraction of sp³-hybridized carbons (Fsp3) is 0.438. The molecule has 0 aromatic heterocycles. The van der Waals surface area contributed by atoms with Crippen LogP contribution in [0.5, 0.6) is 0 Å². The van der Waals surface area contributed by atoms with E-state index < -0.39 is 11.8 Å². The Balaban J connectivity index is 1.68. The second kappa shape index (κ2) is 5.88. The van der Waals surface area contributed by atoms with Gasteiger partial charge in [-0.1, -0.05) is 12.1 Å². The van der Waals surface area contributed by atoms with Gasteiger partial charge in [0.2, 0.25) is 5.91 Å². The first-order valence-corrected chi connectivity index (χ1v) is 7.48. The lowest BCUT2D eigenvalue weighted by Crippen LogP contribution is -2.42. The summed E-state index contributed by atoms with van der Waals surface area (Å²) < 4.78 is 0. The first-order valence-electron chi connectivity index (χ1n) is 7.48. The third-order valence-electron chi connectivity index (χ3n) is 4.04. The summed E-state index contributed by atoms with van der Waals surface area (Å²) in [5, 5.41) is 3.74. The molecule has 2 aliphatic rings. The number of hydrogen-bond donors (Lipinski definition) is 1. The number of nitrogens with one attached hydrogen (secondary N) is 1. The number of imide groups is 1. The highest BCUT2D eigenvalue weighted by molar-refractivity contribution is 6.20. The number of rotatable bonds is 3. The zero-order valence-corrected chi connectivity index (χ0v) is 12.4. The molecule has 3 amide bonds. The average molecular weight is 302 g/mol. The quantitative estimate of drug-likeness (QED) is 0.862. The van der Waals surface area contributed by atoms with Gasteiger partial charge in [0.1, 0.15) is 0 Å². The van der Waals surface area contributed by atoms with Crippen LogP contribution in [0.15, 0.2) is 24.3 Å². The van der Waals surface area contributed by atoms with Crippen molar-refractivity contribution in [2.24, 2.45) is 0 Å². The Morgan fingerprint density at radius 3 is 2.41 bits per heavy atom. The maximum absolute atomic E-state index is 12.3. The summed E-state index contributed by atoms with van der Waals surface area (Å²) in [7, 11) is 0. The number of amides is 3. The number of carbonyl (C=O) groups excluding carboxylic acids is 3. The summed E-state index contributed by atoms with van der Waals surface area (Å²) in [5.74, 6) is -0.907. The van der Waals surface area contributed by atoms with Gasteiger partial charge in [0.05, 0.1) is 17.2 Å². The fourth-order valence-electron chi connectivity index (χ4n) is 3.07. The number of carbonyl (C=O) groups is 3. The van der Waals surface area contributed by atoms with E-state index in [2.05, 4.69) is 5.32 Å². The van der Waals surface area contributed by atoms with Crippen molar-refractivity contribution in [1.29, 1.82) is 0 Å². The van der Waals surface area contributed by atoms with Gasteiger partial charge in [-0.05, 0) is 37.8 Å². The number of hydroxylamine groups is 2. The minimum absolute atomic E-state index is 0.0337. The summed E-state index contributed by atoms with van der Waals surface area (Å²) >= 11 is 0. The Morgan fingerprint density at radius 2 is 1.82 bits per heavy atom. The molecule has 0 spiro atoms. The number of benzene rings is 1. The first kappa shape index (κ1) is 14.7. The zero-order chi connectivity index (χ0) is 15.7. The van der Waals surface area contributed by atoms with Crippen LogP contribution in [0.4, 0.5) is 0 Å². The van der Waals surface area contributed by atoms with E-state index in [0.29, 0.717) is 17.5 Å². The normalized spacial score (nSPS) is 24.3. The molecule has 6 heteroatoms. The van der Waals surface area contributed by atoms with Crippen LogP contribution in [0, 0.1) is 0 Å². The van der Waals surface area contributed by atoms with Gasteiger partial charge in [-0.3, -0.25) is 19.2 Å². The van der Waals surface area contributed by atoms with Gasteiger partial charge >= 0.3 is 0 Å². The van der Waals surface area contributed by atoms with Gasteiger partial charge in [-0.2, -0.15) is 0 Å². The van der Waals surface area contributed by atoms with Crippen molar-refractivity contribution in [2.45, 2.75) is 44.8 Å². The topological polar surface area (TPSA) is 75.7 Å². The van der Waals surface area contributed by atoms with E-state index in [1.807, 2.05) is 0 Å². The lowest BCUT2D eigenvalue weighted by Gasteiger charge is -2.30. The third kappa shape index (κ3) is 2.74. The van der Waals surface area contributed by atoms with Crippen LogP contribution in [0.2, 0.25) is 0 Å². The summed E-state index contributed by atoms with van der Waals surface area (Å²) in [6.07, 6.45) is 2.91. The van der Waals surface area contributed by atoms with Crippen LogP contribution in [-0.2, 0) is 9.63 Å². The van der Waals surface area contributed by atoms with Crippen molar-refractivity contribution in [1.82, 2.24) is 10.4 Å². The standard InChI is InChI=1S/C16H18N2O4/c1-10(19)17-11-5-4-6-12(9-11)22-18-15(20)13-7-2-3-8-14(13)16(18)21/h2-3,7-8,11-12H,4-6,9H2,1H3,(H,17,19)/t11-,12+/m1/s1. The van der Waals surface area contributed by atoms with Crippen LogP contribution in [-0.4, -0.2) is 34.9 Å². The van der Waals surface area contributed by atoms with Crippen molar-refractivity contribution in [3.63, 3.8) is 0 Å². The second-order valence-corrected chi connectivity index (χ2v) is 5.74. The molecular formula is C16H18N2O4. The Kier molecular flexibility index (Phi) is 3.94. The summed E-state index contributed by atoms with van der Waals surface area (Å²) in [4.78, 5) is 41.3. The monoisotopic (exact) mass is 302 g/mol. The molecule has 1 aromatic rings. The van der Waals surface area contributed by atoms with Crippen LogP contribution in [0.3, 0.4) is 0 Å². The number of hydrogen-bond acceptors (Lipinski definition) is 4. The van der Waals surface area contributed by atoms with Crippen molar-refractivity contribution < 1.29 is 19.2 Å². The molecule has 0 saturated heterocycles. The van der Waals surface area contributed by atoms with E-state index in [-0.39, 0.29) is 18.1 Å². The van der Waals surface area contributed by atoms with Crippen molar-refractivity contribution in [2.75, 3.05) is 0 Å². The summed E-state index contributed by atoms with van der Waals surface area (Å²) in [6, 6.07) is 6.73. The van der Waals surface area contributed by atoms with Crippen molar-refractivity contribution in [3.05, 3.63) is 35.4 Å². The van der Waals surface area contributed by atoms with E-state index in [1.165, 1.54) is 6.92 Å². The van der Waals surface area contributed by atoms with Crippen LogP contribution < -0.4 is 5.32 Å². The second-order valence-electron chi connectivity index (χ2n) is 5.74. The third-order valence-corrected chi connectivity index (χ3v) is 4.04. The van der Waals surface area contributed by atoms with Gasteiger partial charge in [0, 0.05) is 13.0 Å². The molecule has 0 radical (unpaired) electrons. The average Bonchev–Trinajstić information content (AvgIpc) is 2.73. The van der Waals surface area contributed by atoms with Gasteiger partial charge in [-0.25, -0.2) is 0 Å². The van der Waals surface area contributed by atoms with Gasteiger partial charge in [-0.15, -0.1) is 5.06 Å². The van der Waals surface area contributed by atoms with Crippen LogP contribution in [0.25, 0.3) is 0 Å². The number of fused-ring (bicyclic) bond motifs is 1. The molecule has 6 nitrogen and oxygen atoms in total. The molecule has 1 heterocycles. The molecule has 1 fully saturated rings. The van der Waals surface area contributed by atoms with Crippen molar-refractivity contribution >= 4 is 17.7 Å². The molecule has 1 aliphatic heterocycles. The molecule has 22 heavy (non-hydrogen) atoms. The van der Waals surface area contributed by atoms with E-state index in [9.17, 15) is 14.4 Å². The van der Waals surface area contributed by atoms with Gasteiger partial charge < -0.3 is 5.32 Å². The Bertz CT molecular complexity index is 593. The highest BCUT2D eigenvalue weighted by Gasteiger charge is 2.38. The highest BCUT2D eigenvalue weighted by Crippen LogP contribution is 2.27. The highest BCUT2D eigenvalue weighted by atomic mass is 16.7. The summed E-state index contributed by atoms with van der Waals surface area (Å²) in [6.45, 7) is 1.48. The van der Waals surface area contributed by atoms with Crippen LogP contribution in [0.1, 0.15) is 53.3 Å². The van der Waals surface area contributed by atoms with Gasteiger partial charge in [0.15, 0.2) is 0 Å². The van der Waals surface area contributed by atoms with Crippen LogP contribution >= 0.6 is 0 Å². The fourth-order valence-corrected chi connectivity index (χ4v) is 3.07. The largest absolute Gasteiger partial charge is 0.354 e. The molecule has 1 aromatic carbocycles. The molecule has 116 valence electrons. The maximum atomic E-state index is 12.3. The minimum atomic E-state index is -0.415. The molecule has 1 saturated carbocycles. The lowest BCUT2D eigenvalue weighted by molar-refractivity contribution is -0.144. The molecule has 2 atom stereocenters. The minimum Gasteiger partial charge on any atom is -0.354 e. The summed E-state index contributed by atoms with van der Waals surface area (Å²) in [5.41, 5.74) is 0.753. The molecule has 1 N–H and O–H groups in total. The molecule has 3 rings (SSSR count). The lowest BCUT2D eigenvalue weighted by atomic mass is 9.93. The molecule has 0 unspecified atom stereocenters. The van der Waals surface area contributed by atoms with E-state index in [4.69, 9.17) is 4.84 Å². The smallest absolute Gasteiger partial charge is 0.285 e. The Morgan fingerprint density at radius 1 is 1.18 bits per heavy atom. The number of nitrogens with zero attached hydrogens (tertiary/aromatic N) is 1. The molecule has 0 bridgehead atoms. The zero-order valence-electron chi connectivity index (χ0n) is 12.4. The SMILES string of the molecule is CC(=O)N[C@@H]1CCC[C@H](ON2C(=O)c3ccccc3C2=O)C1. The Hall–Kier alpha value is -2.21. The van der Waals surface area contributed by atoms with E-state index in [1.54, 1.807) is 24.3 Å². The molecule has 1 aliphatic carbocycles. The van der Waals surface area contributed by atoms with Crippen molar-refractivity contribution in [3.8, 4) is 0 Å². The molecular weight excluding hydrogens is 284 g/mol. The van der Waals surface area contributed by atoms with Gasteiger partial charge in [0.25, 0.3) is 11.8 Å². The Labute approximate surface area is 128 Å². The first-order chi connectivity index (χ1) is 10.6. The maximum Gasteiger partial charge on any atom is 0.285 e. The predicted molar refractivity (Wildman–Crippen MR) is 77.9 cm³/mol. The van der Waals surface area contributed by atoms with E-state index >= 15 is 0 Å². The van der Waals surface area contributed by atoms with E-state index in [0.717, 1.165) is 24.3 Å². The predicted octanol–water partition coefficient (Wildman–Crippen LogP) is 1.66.